The minimum absolute atomic E-state index is 0.0509. The van der Waals surface area contributed by atoms with Gasteiger partial charge in [0.25, 0.3) is 5.69 Å². The van der Waals surface area contributed by atoms with Gasteiger partial charge in [-0.3, -0.25) is 10.1 Å². The molecule has 0 atom stereocenters. The van der Waals surface area contributed by atoms with Gasteiger partial charge in [0, 0.05) is 25.4 Å². The van der Waals surface area contributed by atoms with Crippen LogP contribution in [0.4, 0.5) is 11.4 Å². The van der Waals surface area contributed by atoms with Crippen LogP contribution in [-0.4, -0.2) is 16.0 Å². The van der Waals surface area contributed by atoms with Crippen molar-refractivity contribution in [2.24, 2.45) is 0 Å². The minimum Gasteiger partial charge on any atom is -0.380 e. The van der Waals surface area contributed by atoms with Crippen molar-refractivity contribution >= 4 is 11.4 Å². The lowest BCUT2D eigenvalue weighted by atomic mass is 10.1. The lowest BCUT2D eigenvalue weighted by Gasteiger charge is -2.08. The van der Waals surface area contributed by atoms with Gasteiger partial charge >= 0.3 is 0 Å². The standard InChI is InChI=1S/C14H14N4O2/c1-2-16-13-6-5-11(8-14(13)18(19)20)10-17-7-3-4-12(17)9-15/h3-8,16H,2,10H2,1H3. The van der Waals surface area contributed by atoms with E-state index in [1.54, 1.807) is 35.0 Å². The van der Waals surface area contributed by atoms with Gasteiger partial charge in [0.15, 0.2) is 0 Å². The lowest BCUT2D eigenvalue weighted by molar-refractivity contribution is -0.384. The molecule has 0 aliphatic heterocycles. The molecule has 2 rings (SSSR count). The maximum atomic E-state index is 11.1. The van der Waals surface area contributed by atoms with Crippen molar-refractivity contribution < 1.29 is 4.92 Å². The second-order valence-corrected chi connectivity index (χ2v) is 4.27. The summed E-state index contributed by atoms with van der Waals surface area (Å²) in [5.74, 6) is 0. The number of rotatable bonds is 5. The van der Waals surface area contributed by atoms with Crippen LogP contribution >= 0.6 is 0 Å². The first-order valence-corrected chi connectivity index (χ1v) is 6.22. The van der Waals surface area contributed by atoms with Crippen molar-refractivity contribution in [2.45, 2.75) is 13.5 Å². The van der Waals surface area contributed by atoms with Gasteiger partial charge < -0.3 is 9.88 Å². The molecule has 0 bridgehead atoms. The third-order valence-electron chi connectivity index (χ3n) is 2.92. The number of aromatic nitrogens is 1. The van der Waals surface area contributed by atoms with Crippen LogP contribution in [0.15, 0.2) is 36.5 Å². The van der Waals surface area contributed by atoms with Crippen LogP contribution in [-0.2, 0) is 6.54 Å². The molecule has 1 N–H and O–H groups in total. The first-order valence-electron chi connectivity index (χ1n) is 6.22. The van der Waals surface area contributed by atoms with E-state index < -0.39 is 4.92 Å². The summed E-state index contributed by atoms with van der Waals surface area (Å²) >= 11 is 0. The maximum absolute atomic E-state index is 11.1. The van der Waals surface area contributed by atoms with Crippen molar-refractivity contribution in [2.75, 3.05) is 11.9 Å². The van der Waals surface area contributed by atoms with Crippen molar-refractivity contribution in [1.29, 1.82) is 5.26 Å². The number of nitriles is 1. The van der Waals surface area contributed by atoms with Crippen LogP contribution < -0.4 is 5.32 Å². The molecular formula is C14H14N4O2. The molecule has 6 nitrogen and oxygen atoms in total. The predicted octanol–water partition coefficient (Wildman–Crippen LogP) is 2.75. The number of nitro benzene ring substituents is 1. The molecule has 0 saturated heterocycles. The van der Waals surface area contributed by atoms with Gasteiger partial charge in [0.1, 0.15) is 17.5 Å². The first kappa shape index (κ1) is 13.6. The average molecular weight is 270 g/mol. The normalized spacial score (nSPS) is 10.0. The molecule has 0 aliphatic rings. The van der Waals surface area contributed by atoms with E-state index in [1.165, 1.54) is 0 Å². The molecule has 0 saturated carbocycles. The Morgan fingerprint density at radius 2 is 2.25 bits per heavy atom. The first-order chi connectivity index (χ1) is 9.65. The quantitative estimate of drug-likeness (QED) is 0.668. The molecule has 0 aliphatic carbocycles. The van der Waals surface area contributed by atoms with Crippen LogP contribution in [0.2, 0.25) is 0 Å². The predicted molar refractivity (Wildman–Crippen MR) is 75.5 cm³/mol. The second-order valence-electron chi connectivity index (χ2n) is 4.27. The van der Waals surface area contributed by atoms with Gasteiger partial charge in [-0.25, -0.2) is 0 Å². The summed E-state index contributed by atoms with van der Waals surface area (Å²) in [6.07, 6.45) is 1.78. The SMILES string of the molecule is CCNc1ccc(Cn2cccc2C#N)cc1[N+](=O)[O-]. The topological polar surface area (TPSA) is 83.9 Å². The van der Waals surface area contributed by atoms with Crippen LogP contribution in [0.5, 0.6) is 0 Å². The van der Waals surface area contributed by atoms with E-state index in [1.807, 2.05) is 13.0 Å². The highest BCUT2D eigenvalue weighted by Crippen LogP contribution is 2.26. The third-order valence-corrected chi connectivity index (χ3v) is 2.92. The molecule has 0 radical (unpaired) electrons. The van der Waals surface area contributed by atoms with E-state index in [2.05, 4.69) is 11.4 Å². The molecule has 6 heteroatoms. The summed E-state index contributed by atoms with van der Waals surface area (Å²) in [5.41, 5.74) is 1.87. The fraction of sp³-hybridized carbons (Fsp3) is 0.214. The van der Waals surface area contributed by atoms with Crippen LogP contribution in [0.25, 0.3) is 0 Å². The highest BCUT2D eigenvalue weighted by molar-refractivity contribution is 5.62. The summed E-state index contributed by atoms with van der Waals surface area (Å²) in [6.45, 7) is 2.94. The van der Waals surface area contributed by atoms with Crippen molar-refractivity contribution in [1.82, 2.24) is 4.57 Å². The van der Waals surface area contributed by atoms with E-state index in [0.29, 0.717) is 24.5 Å². The molecule has 0 spiro atoms. The Morgan fingerprint density at radius 1 is 1.45 bits per heavy atom. The van der Waals surface area contributed by atoms with Crippen LogP contribution in [0.1, 0.15) is 18.2 Å². The molecule has 20 heavy (non-hydrogen) atoms. The minimum atomic E-state index is -0.400. The highest BCUT2D eigenvalue weighted by Gasteiger charge is 2.14. The Morgan fingerprint density at radius 3 is 2.90 bits per heavy atom. The molecule has 2 aromatic rings. The Balaban J connectivity index is 2.32. The Kier molecular flexibility index (Phi) is 4.01. The van der Waals surface area contributed by atoms with E-state index in [9.17, 15) is 10.1 Å². The zero-order valence-corrected chi connectivity index (χ0v) is 11.0. The van der Waals surface area contributed by atoms with Crippen LogP contribution in [0, 0.1) is 21.4 Å². The molecule has 0 unspecified atom stereocenters. The van der Waals surface area contributed by atoms with E-state index in [0.717, 1.165) is 5.56 Å². The third kappa shape index (κ3) is 2.78. The van der Waals surface area contributed by atoms with Crippen molar-refractivity contribution in [3.63, 3.8) is 0 Å². The molecule has 0 fully saturated rings. The zero-order chi connectivity index (χ0) is 14.5. The summed E-state index contributed by atoms with van der Waals surface area (Å²) in [5, 5.41) is 23.0. The summed E-state index contributed by atoms with van der Waals surface area (Å²) in [6, 6.07) is 10.6. The highest BCUT2D eigenvalue weighted by atomic mass is 16.6. The van der Waals surface area contributed by atoms with Crippen molar-refractivity contribution in [3.8, 4) is 6.07 Å². The largest absolute Gasteiger partial charge is 0.380 e. The second kappa shape index (κ2) is 5.89. The zero-order valence-electron chi connectivity index (χ0n) is 11.0. The summed E-state index contributed by atoms with van der Waals surface area (Å²) < 4.78 is 1.76. The molecule has 102 valence electrons. The maximum Gasteiger partial charge on any atom is 0.292 e. The number of anilines is 1. The van der Waals surface area contributed by atoms with Gasteiger partial charge in [-0.2, -0.15) is 5.26 Å². The molecule has 1 heterocycles. The van der Waals surface area contributed by atoms with E-state index in [4.69, 9.17) is 5.26 Å². The number of nitrogens with zero attached hydrogens (tertiary/aromatic N) is 3. The molecule has 1 aromatic carbocycles. The van der Waals surface area contributed by atoms with Gasteiger partial charge in [0.05, 0.1) is 4.92 Å². The number of hydrogen-bond donors (Lipinski definition) is 1. The Hall–Kier alpha value is -2.81. The van der Waals surface area contributed by atoms with Crippen LogP contribution in [0.3, 0.4) is 0 Å². The lowest BCUT2D eigenvalue weighted by Crippen LogP contribution is -2.04. The van der Waals surface area contributed by atoms with E-state index in [-0.39, 0.29) is 5.69 Å². The fourth-order valence-corrected chi connectivity index (χ4v) is 2.02. The van der Waals surface area contributed by atoms with Gasteiger partial charge in [0.2, 0.25) is 0 Å². The smallest absolute Gasteiger partial charge is 0.292 e. The number of nitro groups is 1. The fourth-order valence-electron chi connectivity index (χ4n) is 2.02. The monoisotopic (exact) mass is 270 g/mol. The molecule has 1 aromatic heterocycles. The average Bonchev–Trinajstić information content (AvgIpc) is 2.87. The van der Waals surface area contributed by atoms with Gasteiger partial charge in [-0.05, 0) is 30.7 Å². The van der Waals surface area contributed by atoms with E-state index >= 15 is 0 Å². The molecule has 0 amide bonds. The van der Waals surface area contributed by atoms with Gasteiger partial charge in [-0.15, -0.1) is 0 Å². The Bertz CT molecular complexity index is 670. The Labute approximate surface area is 116 Å². The van der Waals surface area contributed by atoms with Gasteiger partial charge in [-0.1, -0.05) is 6.07 Å². The number of benzene rings is 1. The summed E-state index contributed by atoms with van der Waals surface area (Å²) in [4.78, 5) is 10.7. The number of nitrogens with one attached hydrogen (secondary N) is 1. The number of hydrogen-bond acceptors (Lipinski definition) is 4. The molecular weight excluding hydrogens is 256 g/mol. The van der Waals surface area contributed by atoms with Crippen molar-refractivity contribution in [3.05, 3.63) is 57.9 Å². The summed E-state index contributed by atoms with van der Waals surface area (Å²) in [7, 11) is 0.